The van der Waals surface area contributed by atoms with Crippen molar-refractivity contribution in [3.8, 4) is 0 Å². The van der Waals surface area contributed by atoms with E-state index >= 15 is 0 Å². The van der Waals surface area contributed by atoms with E-state index in [2.05, 4.69) is 14.7 Å². The summed E-state index contributed by atoms with van der Waals surface area (Å²) >= 11 is 0. The maximum Gasteiger partial charge on any atom is 0.432 e. The van der Waals surface area contributed by atoms with Gasteiger partial charge in [0.1, 0.15) is 0 Å². The van der Waals surface area contributed by atoms with Gasteiger partial charge in [-0.25, -0.2) is 4.79 Å². The number of hydrogen-bond donors (Lipinski definition) is 0. The van der Waals surface area contributed by atoms with Gasteiger partial charge in [-0.1, -0.05) is 5.16 Å². The zero-order valence-corrected chi connectivity index (χ0v) is 6.59. The highest BCUT2D eigenvalue weighted by Gasteiger charge is 2.43. The molecule has 0 aromatic heterocycles. The van der Waals surface area contributed by atoms with Crippen molar-refractivity contribution in [1.29, 1.82) is 0 Å². The van der Waals surface area contributed by atoms with Crippen LogP contribution in [0.2, 0.25) is 0 Å². The molecule has 0 bridgehead atoms. The first-order valence-corrected chi connectivity index (χ1v) is 3.33. The lowest BCUT2D eigenvalue weighted by atomic mass is 10.2. The molecule has 4 nitrogen and oxygen atoms in total. The second kappa shape index (κ2) is 3.23. The fourth-order valence-electron chi connectivity index (χ4n) is 0.803. The summed E-state index contributed by atoms with van der Waals surface area (Å²) in [4.78, 5) is 14.9. The molecule has 0 N–H and O–H groups in total. The lowest BCUT2D eigenvalue weighted by Gasteiger charge is -2.05. The third kappa shape index (κ3) is 2.10. The summed E-state index contributed by atoms with van der Waals surface area (Å²) in [6.07, 6.45) is -6.39. The van der Waals surface area contributed by atoms with E-state index in [0.717, 1.165) is 7.11 Å². The molecule has 0 radical (unpaired) electrons. The van der Waals surface area contributed by atoms with Crippen molar-refractivity contribution in [2.75, 3.05) is 7.11 Å². The highest BCUT2D eigenvalue weighted by Crippen LogP contribution is 2.25. The monoisotopic (exact) mass is 197 g/mol. The van der Waals surface area contributed by atoms with E-state index in [1.807, 2.05) is 0 Å². The standard InChI is InChI=1S/C6H6F3NO3/c1-12-5(11)3-2-4(10-13-3)6(7,8)9/h3H,2H2,1H3. The number of alkyl halides is 3. The molecule has 1 atom stereocenters. The first-order valence-electron chi connectivity index (χ1n) is 3.33. The maximum absolute atomic E-state index is 11.9. The summed E-state index contributed by atoms with van der Waals surface area (Å²) in [6, 6.07) is 0. The first-order chi connectivity index (χ1) is 5.95. The van der Waals surface area contributed by atoms with Gasteiger partial charge >= 0.3 is 12.1 Å². The van der Waals surface area contributed by atoms with Gasteiger partial charge in [0, 0.05) is 6.42 Å². The van der Waals surface area contributed by atoms with E-state index in [1.54, 1.807) is 0 Å². The van der Waals surface area contributed by atoms with Gasteiger partial charge in [-0.15, -0.1) is 0 Å². The summed E-state index contributed by atoms with van der Waals surface area (Å²) in [5.74, 6) is -0.858. The van der Waals surface area contributed by atoms with Crippen LogP contribution in [0.25, 0.3) is 0 Å². The quantitative estimate of drug-likeness (QED) is 0.586. The van der Waals surface area contributed by atoms with Crippen LogP contribution in [0.15, 0.2) is 5.16 Å². The predicted molar refractivity (Wildman–Crippen MR) is 35.0 cm³/mol. The summed E-state index contributed by atoms with van der Waals surface area (Å²) < 4.78 is 40.0. The van der Waals surface area contributed by atoms with Gasteiger partial charge < -0.3 is 9.57 Å². The van der Waals surface area contributed by atoms with E-state index in [9.17, 15) is 18.0 Å². The molecule has 0 spiro atoms. The zero-order valence-electron chi connectivity index (χ0n) is 6.59. The number of oxime groups is 1. The number of rotatable bonds is 1. The number of esters is 1. The third-order valence-corrected chi connectivity index (χ3v) is 1.46. The second-order valence-electron chi connectivity index (χ2n) is 2.36. The molecule has 7 heteroatoms. The zero-order chi connectivity index (χ0) is 10.1. The Kier molecular flexibility index (Phi) is 2.44. The second-order valence-corrected chi connectivity index (χ2v) is 2.36. The minimum absolute atomic E-state index is 0.587. The molecule has 74 valence electrons. The van der Waals surface area contributed by atoms with E-state index < -0.39 is 30.4 Å². The molecule has 0 amide bonds. The molecule has 0 aromatic rings. The van der Waals surface area contributed by atoms with Gasteiger partial charge in [-0.05, 0) is 0 Å². The highest BCUT2D eigenvalue weighted by molar-refractivity contribution is 5.94. The van der Waals surface area contributed by atoms with Gasteiger partial charge in [-0.3, -0.25) is 0 Å². The SMILES string of the molecule is COC(=O)C1CC(C(F)(F)F)=NO1. The maximum atomic E-state index is 11.9. The molecule has 1 aliphatic rings. The Bertz CT molecular complexity index is 248. The van der Waals surface area contributed by atoms with E-state index in [4.69, 9.17) is 0 Å². The Balaban J connectivity index is 2.57. The van der Waals surface area contributed by atoms with Crippen LogP contribution in [0, 0.1) is 0 Å². The minimum atomic E-state index is -4.54. The molecule has 0 fully saturated rings. The molecule has 0 aliphatic carbocycles. The Morgan fingerprint density at radius 2 is 2.31 bits per heavy atom. The molecule has 0 saturated heterocycles. The number of ether oxygens (including phenoxy) is 1. The molecule has 1 heterocycles. The summed E-state index contributed by atoms with van der Waals surface area (Å²) in [5, 5.41) is 2.75. The van der Waals surface area contributed by atoms with Crippen molar-refractivity contribution < 1.29 is 27.5 Å². The fraction of sp³-hybridized carbons (Fsp3) is 0.667. The van der Waals surface area contributed by atoms with Crippen LogP contribution in [0.1, 0.15) is 6.42 Å². The van der Waals surface area contributed by atoms with Crippen LogP contribution in [0.5, 0.6) is 0 Å². The van der Waals surface area contributed by atoms with Gasteiger partial charge in [0.05, 0.1) is 7.11 Å². The lowest BCUT2D eigenvalue weighted by Crippen LogP contribution is -2.27. The fourth-order valence-corrected chi connectivity index (χ4v) is 0.803. The van der Waals surface area contributed by atoms with Crippen molar-refractivity contribution in [3.63, 3.8) is 0 Å². The van der Waals surface area contributed by atoms with Crippen LogP contribution < -0.4 is 0 Å². The normalized spacial score (nSPS) is 22.2. The molecule has 1 unspecified atom stereocenters. The Morgan fingerprint density at radius 3 is 2.69 bits per heavy atom. The van der Waals surface area contributed by atoms with E-state index in [0.29, 0.717) is 0 Å². The summed E-state index contributed by atoms with van der Waals surface area (Å²) in [5.41, 5.74) is -1.09. The van der Waals surface area contributed by atoms with Crippen LogP contribution >= 0.6 is 0 Å². The molecule has 1 aliphatic heterocycles. The molecular weight excluding hydrogens is 191 g/mol. The number of nitrogens with zero attached hydrogens (tertiary/aromatic N) is 1. The van der Waals surface area contributed by atoms with Crippen molar-refractivity contribution >= 4 is 11.7 Å². The molecule has 1 rings (SSSR count). The minimum Gasteiger partial charge on any atom is -0.466 e. The van der Waals surface area contributed by atoms with Gasteiger partial charge in [0.2, 0.25) is 6.10 Å². The van der Waals surface area contributed by atoms with Gasteiger partial charge in [0.25, 0.3) is 0 Å². The first kappa shape index (κ1) is 9.82. The number of methoxy groups -OCH3 is 1. The van der Waals surface area contributed by atoms with Crippen LogP contribution in [-0.2, 0) is 14.4 Å². The largest absolute Gasteiger partial charge is 0.466 e. The number of halogens is 3. The van der Waals surface area contributed by atoms with Crippen molar-refractivity contribution in [1.82, 2.24) is 0 Å². The Morgan fingerprint density at radius 1 is 1.69 bits per heavy atom. The van der Waals surface area contributed by atoms with E-state index in [-0.39, 0.29) is 0 Å². The average Bonchev–Trinajstić information content (AvgIpc) is 2.50. The van der Waals surface area contributed by atoms with Crippen molar-refractivity contribution in [2.45, 2.75) is 18.7 Å². The lowest BCUT2D eigenvalue weighted by molar-refractivity contribution is -0.152. The topological polar surface area (TPSA) is 47.9 Å². The number of hydrogen-bond acceptors (Lipinski definition) is 4. The van der Waals surface area contributed by atoms with Crippen molar-refractivity contribution in [3.05, 3.63) is 0 Å². The Hall–Kier alpha value is -1.27. The summed E-state index contributed by atoms with van der Waals surface area (Å²) in [6.45, 7) is 0. The predicted octanol–water partition coefficient (Wildman–Crippen LogP) is 0.867. The van der Waals surface area contributed by atoms with E-state index in [1.165, 1.54) is 0 Å². The van der Waals surface area contributed by atoms with Crippen LogP contribution in [-0.4, -0.2) is 31.1 Å². The number of carbonyl (C=O) groups is 1. The van der Waals surface area contributed by atoms with Crippen LogP contribution in [0.3, 0.4) is 0 Å². The smallest absolute Gasteiger partial charge is 0.432 e. The van der Waals surface area contributed by atoms with Gasteiger partial charge in [-0.2, -0.15) is 13.2 Å². The molecule has 0 aromatic carbocycles. The van der Waals surface area contributed by atoms with Crippen molar-refractivity contribution in [2.24, 2.45) is 5.16 Å². The third-order valence-electron chi connectivity index (χ3n) is 1.46. The summed E-state index contributed by atoms with van der Waals surface area (Å²) in [7, 11) is 1.07. The molecule has 13 heavy (non-hydrogen) atoms. The van der Waals surface area contributed by atoms with Crippen LogP contribution in [0.4, 0.5) is 13.2 Å². The van der Waals surface area contributed by atoms with Gasteiger partial charge in [0.15, 0.2) is 5.71 Å². The molecule has 0 saturated carbocycles. The number of carbonyl (C=O) groups excluding carboxylic acids is 1. The molecular formula is C6H6F3NO3. The average molecular weight is 197 g/mol. The highest BCUT2D eigenvalue weighted by atomic mass is 19.4. The Labute approximate surface area is 71.3 Å².